The molecule has 0 atom stereocenters. The zero-order valence-electron chi connectivity index (χ0n) is 37.4. The lowest BCUT2D eigenvalue weighted by atomic mass is 9.94. The number of nitrogens with zero attached hydrogens (tertiary/aromatic N) is 9. The van der Waals surface area contributed by atoms with E-state index in [2.05, 4.69) is 127 Å². The minimum atomic E-state index is 0.316. The summed E-state index contributed by atoms with van der Waals surface area (Å²) in [5, 5.41) is 30.4. The summed E-state index contributed by atoms with van der Waals surface area (Å²) in [5.41, 5.74) is 17.2. The van der Waals surface area contributed by atoms with Crippen molar-refractivity contribution in [1.82, 2.24) is 24.7 Å². The van der Waals surface area contributed by atoms with E-state index in [4.69, 9.17) is 30.3 Å². The number of hydrogen-bond donors (Lipinski definition) is 1. The molecule has 0 radical (unpaired) electrons. The molecule has 8 rings (SSSR count). The van der Waals surface area contributed by atoms with Crippen molar-refractivity contribution in [2.75, 3.05) is 10.2 Å². The van der Waals surface area contributed by atoms with Gasteiger partial charge in [-0.2, -0.15) is 15.0 Å². The first kappa shape index (κ1) is 42.4. The number of aryl methyl sites for hydroxylation is 9. The van der Waals surface area contributed by atoms with Gasteiger partial charge in [-0.25, -0.2) is 15.0 Å². The number of nitriles is 1. The maximum absolute atomic E-state index is 10.4. The SMILES string of the molecule is CCc1cc(C)c(C)c(CC)c1Nc1nc(N(c2nc3ccc(C)cc3s2)c2c(CC)cc(C)cc2CC)cc(C)c1N=Nc1c(C#N)c(C)nn1-c1nc2ccc(C)cc2s1. The second kappa shape index (κ2) is 17.2. The minimum absolute atomic E-state index is 0.316. The monoisotopic (exact) mass is 856 g/mol. The highest BCUT2D eigenvalue weighted by Gasteiger charge is 2.27. The van der Waals surface area contributed by atoms with E-state index in [1.165, 1.54) is 55.8 Å². The Morgan fingerprint density at radius 2 is 1.34 bits per heavy atom. The Labute approximate surface area is 372 Å². The number of nitrogens with one attached hydrogen (secondary N) is 1. The molecule has 0 aliphatic heterocycles. The molecule has 8 aromatic rings. The molecule has 0 saturated heterocycles. The Hall–Kier alpha value is -6.29. The first-order valence-electron chi connectivity index (χ1n) is 21.3. The molecule has 62 heavy (non-hydrogen) atoms. The average molecular weight is 857 g/mol. The molecule has 4 aromatic carbocycles. The Kier molecular flexibility index (Phi) is 11.8. The molecule has 10 nitrogen and oxygen atoms in total. The third-order valence-corrected chi connectivity index (χ3v) is 13.7. The summed E-state index contributed by atoms with van der Waals surface area (Å²) in [6.45, 7) is 23.4. The van der Waals surface area contributed by atoms with Crippen molar-refractivity contribution in [2.45, 2.75) is 102 Å². The van der Waals surface area contributed by atoms with Gasteiger partial charge < -0.3 is 5.32 Å². The summed E-state index contributed by atoms with van der Waals surface area (Å²) in [6.07, 6.45) is 3.35. The van der Waals surface area contributed by atoms with E-state index in [1.54, 1.807) is 16.0 Å². The first-order valence-corrected chi connectivity index (χ1v) is 23.0. The summed E-state index contributed by atoms with van der Waals surface area (Å²) in [6, 6.07) is 23.9. The van der Waals surface area contributed by atoms with Crippen LogP contribution in [0.25, 0.3) is 25.6 Å². The van der Waals surface area contributed by atoms with Gasteiger partial charge in [0.05, 0.1) is 31.8 Å². The number of thiazole rings is 2. The predicted octanol–water partition coefficient (Wildman–Crippen LogP) is 14.4. The molecule has 314 valence electrons. The molecule has 0 aliphatic rings. The molecule has 0 spiro atoms. The predicted molar refractivity (Wildman–Crippen MR) is 258 cm³/mol. The van der Waals surface area contributed by atoms with Gasteiger partial charge in [0.25, 0.3) is 0 Å². The molecular weight excluding hydrogens is 805 g/mol. The molecule has 1 N–H and O–H groups in total. The van der Waals surface area contributed by atoms with Gasteiger partial charge in [-0.15, -0.1) is 10.2 Å². The quantitative estimate of drug-likeness (QED) is 0.121. The molecule has 0 amide bonds. The van der Waals surface area contributed by atoms with Crippen molar-refractivity contribution in [1.29, 1.82) is 5.26 Å². The van der Waals surface area contributed by atoms with Gasteiger partial charge in [-0.1, -0.05) is 86.3 Å². The van der Waals surface area contributed by atoms with Crippen molar-refractivity contribution < 1.29 is 0 Å². The normalized spacial score (nSPS) is 11.6. The van der Waals surface area contributed by atoms with Crippen LogP contribution in [-0.2, 0) is 25.7 Å². The van der Waals surface area contributed by atoms with Gasteiger partial charge >= 0.3 is 0 Å². The summed E-state index contributed by atoms with van der Waals surface area (Å²) in [7, 11) is 0. The maximum Gasteiger partial charge on any atom is 0.213 e. The van der Waals surface area contributed by atoms with Gasteiger partial charge in [0.2, 0.25) is 5.13 Å². The molecule has 0 bridgehead atoms. The molecular formula is C50H52N10S2. The third kappa shape index (κ3) is 7.76. The Morgan fingerprint density at radius 1 is 0.694 bits per heavy atom. The number of fused-ring (bicyclic) bond motifs is 2. The lowest BCUT2D eigenvalue weighted by molar-refractivity contribution is 0.848. The molecule has 4 aromatic heterocycles. The van der Waals surface area contributed by atoms with Crippen molar-refractivity contribution in [3.8, 4) is 11.2 Å². The summed E-state index contributed by atoms with van der Waals surface area (Å²) in [5.74, 6) is 1.59. The second-order valence-corrected chi connectivity index (χ2v) is 18.1. The topological polar surface area (TPSA) is 120 Å². The molecule has 0 aliphatic carbocycles. The van der Waals surface area contributed by atoms with E-state index in [0.717, 1.165) is 79.6 Å². The number of azo groups is 1. The van der Waals surface area contributed by atoms with Gasteiger partial charge in [-0.05, 0) is 155 Å². The molecule has 0 saturated carbocycles. The maximum atomic E-state index is 10.4. The van der Waals surface area contributed by atoms with Crippen LogP contribution in [0.1, 0.15) is 94.6 Å². The first-order chi connectivity index (χ1) is 29.8. The Balaban J connectivity index is 1.38. The highest BCUT2D eigenvalue weighted by Crippen LogP contribution is 2.46. The van der Waals surface area contributed by atoms with Crippen molar-refractivity contribution >= 4 is 82.8 Å². The zero-order valence-corrected chi connectivity index (χ0v) is 39.1. The molecule has 4 heterocycles. The third-order valence-electron chi connectivity index (χ3n) is 11.7. The highest BCUT2D eigenvalue weighted by atomic mass is 32.1. The molecule has 12 heteroatoms. The zero-order chi connectivity index (χ0) is 44.0. The van der Waals surface area contributed by atoms with Crippen LogP contribution >= 0.6 is 22.7 Å². The number of benzene rings is 4. The van der Waals surface area contributed by atoms with E-state index in [1.807, 2.05) is 26.0 Å². The van der Waals surface area contributed by atoms with Crippen LogP contribution in [0.15, 0.2) is 70.9 Å². The van der Waals surface area contributed by atoms with Crippen molar-refractivity contribution in [3.05, 3.63) is 128 Å². The minimum Gasteiger partial charge on any atom is -0.338 e. The van der Waals surface area contributed by atoms with Crippen LogP contribution in [-0.4, -0.2) is 24.7 Å². The van der Waals surface area contributed by atoms with E-state index in [9.17, 15) is 5.26 Å². The van der Waals surface area contributed by atoms with Crippen LogP contribution < -0.4 is 10.2 Å². The summed E-state index contributed by atoms with van der Waals surface area (Å²) >= 11 is 3.17. The van der Waals surface area contributed by atoms with Crippen LogP contribution in [0.4, 0.5) is 39.6 Å². The number of aromatic nitrogens is 5. The van der Waals surface area contributed by atoms with E-state index in [0.29, 0.717) is 33.7 Å². The van der Waals surface area contributed by atoms with Gasteiger partial charge in [0.15, 0.2) is 16.8 Å². The van der Waals surface area contributed by atoms with Crippen molar-refractivity contribution in [3.63, 3.8) is 0 Å². The van der Waals surface area contributed by atoms with E-state index in [-0.39, 0.29) is 0 Å². The number of rotatable bonds is 12. The van der Waals surface area contributed by atoms with Crippen molar-refractivity contribution in [2.24, 2.45) is 10.2 Å². The highest BCUT2D eigenvalue weighted by molar-refractivity contribution is 7.22. The second-order valence-electron chi connectivity index (χ2n) is 16.1. The molecule has 0 unspecified atom stereocenters. The van der Waals surface area contributed by atoms with Crippen LogP contribution in [0.2, 0.25) is 0 Å². The summed E-state index contributed by atoms with van der Waals surface area (Å²) < 4.78 is 3.79. The largest absolute Gasteiger partial charge is 0.338 e. The molecule has 0 fully saturated rings. The Morgan fingerprint density at radius 3 is 1.97 bits per heavy atom. The number of anilines is 5. The lowest BCUT2D eigenvalue weighted by Crippen LogP contribution is -2.17. The number of pyridine rings is 1. The van der Waals surface area contributed by atoms with Gasteiger partial charge in [0, 0.05) is 5.69 Å². The van der Waals surface area contributed by atoms with Gasteiger partial charge in [-0.3, -0.25) is 4.90 Å². The lowest BCUT2D eigenvalue weighted by Gasteiger charge is -2.28. The fraction of sp³-hybridized carbons (Fsp3) is 0.300. The number of hydrogen-bond acceptors (Lipinski definition) is 11. The fourth-order valence-corrected chi connectivity index (χ4v) is 10.4. The van der Waals surface area contributed by atoms with Gasteiger partial charge in [0.1, 0.15) is 23.1 Å². The van der Waals surface area contributed by atoms with Crippen LogP contribution in [0, 0.1) is 59.8 Å². The van der Waals surface area contributed by atoms with E-state index >= 15 is 0 Å². The van der Waals surface area contributed by atoms with E-state index < -0.39 is 0 Å². The Bertz CT molecular complexity index is 3080. The summed E-state index contributed by atoms with van der Waals surface area (Å²) in [4.78, 5) is 18.0. The van der Waals surface area contributed by atoms with Crippen LogP contribution in [0.5, 0.6) is 0 Å². The standard InChI is InChI=1S/C50H52N10S2/c1-12-34-24-30(8)32(10)37(15-4)45(34)55-47-44(56-57-48-38(26-51)33(11)58-60(48)50-53-40-19-17-28(6)23-42(40)62-50)31(9)25-43(54-47)59(46-35(13-2)20-29(7)21-36(46)14-3)49-52-39-18-16-27(5)22-41(39)61-49/h16-25H,12-15H2,1-11H3,(H,54,55). The van der Waals surface area contributed by atoms with Crippen LogP contribution in [0.3, 0.4) is 0 Å². The average Bonchev–Trinajstić information content (AvgIpc) is 3.96. The smallest absolute Gasteiger partial charge is 0.213 e. The fourth-order valence-electron chi connectivity index (χ4n) is 8.30.